The minimum absolute atomic E-state index is 0.0276. The van der Waals surface area contributed by atoms with E-state index in [4.69, 9.17) is 16.0 Å². The van der Waals surface area contributed by atoms with E-state index in [-0.39, 0.29) is 18.5 Å². The molecule has 0 radical (unpaired) electrons. The van der Waals surface area contributed by atoms with Gasteiger partial charge in [-0.15, -0.1) is 21.5 Å². The largest absolute Gasteiger partial charge is 0.419 e. The van der Waals surface area contributed by atoms with Gasteiger partial charge in [0.25, 0.3) is 5.91 Å². The molecule has 6 nitrogen and oxygen atoms in total. The number of aryl methyl sites for hydroxylation is 1. The molecule has 0 spiro atoms. The Balaban J connectivity index is 1.38. The van der Waals surface area contributed by atoms with Crippen molar-refractivity contribution in [2.24, 2.45) is 0 Å². The third-order valence-corrected chi connectivity index (χ3v) is 7.00. The Morgan fingerprint density at radius 2 is 2.00 bits per heavy atom. The van der Waals surface area contributed by atoms with Crippen molar-refractivity contribution in [2.45, 2.75) is 32.4 Å². The fourth-order valence-electron chi connectivity index (χ4n) is 3.16. The van der Waals surface area contributed by atoms with Gasteiger partial charge >= 0.3 is 0 Å². The molecular weight excluding hydrogens is 440 g/mol. The fourth-order valence-corrected chi connectivity index (χ4v) is 5.02. The molecule has 0 aliphatic heterocycles. The molecule has 9 heteroatoms. The second-order valence-electron chi connectivity index (χ2n) is 7.12. The first-order valence-corrected chi connectivity index (χ1v) is 11.6. The number of hydrogen-bond donors (Lipinski definition) is 0. The van der Waals surface area contributed by atoms with Crippen LogP contribution in [0.15, 0.2) is 45.5 Å². The molecule has 0 N–H and O–H groups in total. The zero-order valence-electron chi connectivity index (χ0n) is 16.0. The fraction of sp³-hybridized carbons (Fsp3) is 0.238. The first-order chi connectivity index (χ1) is 14.6. The summed E-state index contributed by atoms with van der Waals surface area (Å²) in [6, 6.07) is 9.43. The predicted molar refractivity (Wildman–Crippen MR) is 118 cm³/mol. The topological polar surface area (TPSA) is 72.1 Å². The van der Waals surface area contributed by atoms with Crippen LogP contribution in [0.3, 0.4) is 0 Å². The van der Waals surface area contributed by atoms with Gasteiger partial charge in [-0.2, -0.15) is 11.3 Å². The number of thiophene rings is 1. The van der Waals surface area contributed by atoms with Crippen LogP contribution in [0.2, 0.25) is 5.02 Å². The Hall–Kier alpha value is -2.55. The number of nitrogens with zero attached hydrogens (tertiary/aromatic N) is 4. The van der Waals surface area contributed by atoms with Gasteiger partial charge in [0, 0.05) is 27.6 Å². The molecule has 4 aromatic rings. The molecule has 1 aliphatic rings. The van der Waals surface area contributed by atoms with Gasteiger partial charge in [-0.05, 0) is 55.5 Å². The van der Waals surface area contributed by atoms with Crippen LogP contribution < -0.4 is 0 Å². The summed E-state index contributed by atoms with van der Waals surface area (Å²) in [5.74, 6) is 0.805. The summed E-state index contributed by atoms with van der Waals surface area (Å²) in [6.07, 6.45) is 1.97. The van der Waals surface area contributed by atoms with Crippen LogP contribution in [0, 0.1) is 6.92 Å². The van der Waals surface area contributed by atoms with Crippen molar-refractivity contribution in [1.82, 2.24) is 20.1 Å². The van der Waals surface area contributed by atoms with E-state index in [0.29, 0.717) is 21.7 Å². The van der Waals surface area contributed by atoms with Gasteiger partial charge in [0.05, 0.1) is 12.2 Å². The third-order valence-electron chi connectivity index (χ3n) is 4.87. The van der Waals surface area contributed by atoms with Gasteiger partial charge in [0.15, 0.2) is 0 Å². The number of thiazole rings is 1. The summed E-state index contributed by atoms with van der Waals surface area (Å²) in [5.41, 5.74) is 2.60. The molecule has 1 aliphatic carbocycles. The van der Waals surface area contributed by atoms with Crippen LogP contribution in [0.25, 0.3) is 22.0 Å². The van der Waals surface area contributed by atoms with Crippen LogP contribution in [0.5, 0.6) is 0 Å². The maximum Gasteiger partial charge on any atom is 0.266 e. The van der Waals surface area contributed by atoms with E-state index in [1.807, 2.05) is 40.8 Å². The summed E-state index contributed by atoms with van der Waals surface area (Å²) < 4.78 is 5.83. The van der Waals surface area contributed by atoms with Crippen LogP contribution >= 0.6 is 34.3 Å². The highest BCUT2D eigenvalue weighted by atomic mass is 35.5. The van der Waals surface area contributed by atoms with Gasteiger partial charge < -0.3 is 9.32 Å². The van der Waals surface area contributed by atoms with Gasteiger partial charge in [-0.25, -0.2) is 4.98 Å². The molecule has 1 aromatic carbocycles. The molecule has 30 heavy (non-hydrogen) atoms. The first-order valence-electron chi connectivity index (χ1n) is 9.48. The van der Waals surface area contributed by atoms with Crippen LogP contribution in [-0.2, 0) is 6.54 Å². The first kappa shape index (κ1) is 19.4. The normalized spacial score (nSPS) is 13.5. The van der Waals surface area contributed by atoms with Gasteiger partial charge in [0.1, 0.15) is 9.88 Å². The molecule has 0 bridgehead atoms. The number of rotatable bonds is 6. The van der Waals surface area contributed by atoms with E-state index >= 15 is 0 Å². The average molecular weight is 457 g/mol. The highest BCUT2D eigenvalue weighted by Crippen LogP contribution is 2.34. The zero-order valence-corrected chi connectivity index (χ0v) is 18.4. The lowest BCUT2D eigenvalue weighted by Gasteiger charge is -2.19. The molecule has 0 saturated heterocycles. The van der Waals surface area contributed by atoms with Crippen LogP contribution in [-0.4, -0.2) is 32.0 Å². The highest BCUT2D eigenvalue weighted by Gasteiger charge is 2.36. The summed E-state index contributed by atoms with van der Waals surface area (Å²) in [6.45, 7) is 2.17. The number of carbonyl (C=O) groups is 1. The summed E-state index contributed by atoms with van der Waals surface area (Å²) in [5, 5.41) is 13.9. The number of amides is 1. The molecule has 3 aromatic heterocycles. The monoisotopic (exact) mass is 456 g/mol. The molecule has 1 fully saturated rings. The van der Waals surface area contributed by atoms with Crippen molar-refractivity contribution < 1.29 is 9.21 Å². The SMILES string of the molecule is Cc1nc(-c2ccsc2)sc1C(=O)N(Cc1nnc(-c2ccc(Cl)cc2)o1)C1CC1. The van der Waals surface area contributed by atoms with E-state index in [2.05, 4.69) is 15.2 Å². The number of hydrogen-bond acceptors (Lipinski definition) is 7. The minimum atomic E-state index is -0.0276. The molecule has 1 saturated carbocycles. The lowest BCUT2D eigenvalue weighted by atomic mass is 10.2. The van der Waals surface area contributed by atoms with E-state index in [9.17, 15) is 4.79 Å². The molecular formula is C21H17ClN4O2S2. The third kappa shape index (κ3) is 3.90. The Labute approximate surface area is 186 Å². The van der Waals surface area contributed by atoms with Crippen molar-refractivity contribution in [1.29, 1.82) is 0 Å². The van der Waals surface area contributed by atoms with E-state index in [0.717, 1.165) is 34.7 Å². The van der Waals surface area contributed by atoms with Crippen molar-refractivity contribution in [3.63, 3.8) is 0 Å². The quantitative estimate of drug-likeness (QED) is 0.372. The van der Waals surface area contributed by atoms with Gasteiger partial charge in [0.2, 0.25) is 11.8 Å². The predicted octanol–water partition coefficient (Wildman–Crippen LogP) is 5.69. The maximum absolute atomic E-state index is 13.3. The number of carbonyl (C=O) groups excluding carboxylic acids is 1. The van der Waals surface area contributed by atoms with Crippen molar-refractivity contribution in [3.8, 4) is 22.0 Å². The van der Waals surface area contributed by atoms with E-state index in [1.54, 1.807) is 23.5 Å². The Morgan fingerprint density at radius 1 is 1.20 bits per heavy atom. The number of halogens is 1. The zero-order chi connectivity index (χ0) is 20.7. The summed E-state index contributed by atoms with van der Waals surface area (Å²) in [7, 11) is 0. The van der Waals surface area contributed by atoms with E-state index < -0.39 is 0 Å². The second-order valence-corrected chi connectivity index (χ2v) is 9.33. The lowest BCUT2D eigenvalue weighted by Crippen LogP contribution is -2.32. The van der Waals surface area contributed by atoms with Gasteiger partial charge in [-0.3, -0.25) is 4.79 Å². The Kier molecular flexibility index (Phi) is 5.14. The van der Waals surface area contributed by atoms with Crippen molar-refractivity contribution in [2.75, 3.05) is 0 Å². The molecule has 0 atom stereocenters. The minimum Gasteiger partial charge on any atom is -0.419 e. The Morgan fingerprint density at radius 3 is 2.70 bits per heavy atom. The summed E-state index contributed by atoms with van der Waals surface area (Å²) >= 11 is 9.00. The van der Waals surface area contributed by atoms with Crippen LogP contribution in [0.1, 0.15) is 34.1 Å². The van der Waals surface area contributed by atoms with Crippen molar-refractivity contribution in [3.05, 3.63) is 62.6 Å². The Bertz CT molecular complexity index is 1180. The molecule has 0 unspecified atom stereocenters. The standard InChI is InChI=1S/C21H17ClN4O2S2/c1-12-18(30-20(23-12)14-8-9-29-11-14)21(27)26(16-6-7-16)10-17-24-25-19(28-17)13-2-4-15(22)5-3-13/h2-5,8-9,11,16H,6-7,10H2,1H3. The molecule has 3 heterocycles. The highest BCUT2D eigenvalue weighted by molar-refractivity contribution is 7.17. The molecule has 1 amide bonds. The van der Waals surface area contributed by atoms with Gasteiger partial charge in [-0.1, -0.05) is 11.6 Å². The smallest absolute Gasteiger partial charge is 0.266 e. The number of aromatic nitrogens is 3. The van der Waals surface area contributed by atoms with Crippen LogP contribution in [0.4, 0.5) is 0 Å². The van der Waals surface area contributed by atoms with E-state index in [1.165, 1.54) is 11.3 Å². The number of benzene rings is 1. The summed E-state index contributed by atoms with van der Waals surface area (Å²) in [4.78, 5) is 20.5. The lowest BCUT2D eigenvalue weighted by molar-refractivity contribution is 0.0718. The maximum atomic E-state index is 13.3. The second kappa shape index (κ2) is 7.94. The van der Waals surface area contributed by atoms with Crippen molar-refractivity contribution >= 4 is 40.2 Å². The average Bonchev–Trinajstić information content (AvgIpc) is 3.12. The molecule has 152 valence electrons. The molecule has 5 rings (SSSR count).